The number of ether oxygens (including phenoxy) is 1. The maximum atomic E-state index is 11.5. The van der Waals surface area contributed by atoms with Gasteiger partial charge < -0.3 is 9.84 Å². The smallest absolute Gasteiger partial charge is 0.321 e. The molecule has 0 radical (unpaired) electrons. The fraction of sp³-hybridized carbons (Fsp3) is 0.929. The SMILES string of the molecule is CC1CCN(C2CCOC3(CCSC3)C2)C1C(=O)O. The highest BCUT2D eigenvalue weighted by atomic mass is 32.2. The van der Waals surface area contributed by atoms with E-state index in [1.54, 1.807) is 0 Å². The highest BCUT2D eigenvalue weighted by Crippen LogP contribution is 2.41. The van der Waals surface area contributed by atoms with Gasteiger partial charge in [0.25, 0.3) is 0 Å². The molecule has 4 atom stereocenters. The van der Waals surface area contributed by atoms with Crippen molar-refractivity contribution in [3.8, 4) is 0 Å². The largest absolute Gasteiger partial charge is 0.480 e. The maximum absolute atomic E-state index is 11.5. The Hall–Kier alpha value is -0.260. The van der Waals surface area contributed by atoms with Crippen molar-refractivity contribution in [1.29, 1.82) is 0 Å². The summed E-state index contributed by atoms with van der Waals surface area (Å²) in [6.45, 7) is 3.80. The minimum atomic E-state index is -0.647. The van der Waals surface area contributed by atoms with E-state index in [0.717, 1.165) is 44.6 Å². The van der Waals surface area contributed by atoms with Gasteiger partial charge in [-0.2, -0.15) is 11.8 Å². The van der Waals surface area contributed by atoms with Gasteiger partial charge in [0.05, 0.1) is 5.60 Å². The number of aliphatic carboxylic acids is 1. The van der Waals surface area contributed by atoms with Gasteiger partial charge in [-0.3, -0.25) is 9.69 Å². The molecule has 4 nitrogen and oxygen atoms in total. The highest BCUT2D eigenvalue weighted by Gasteiger charge is 2.46. The lowest BCUT2D eigenvalue weighted by molar-refractivity contribution is -0.147. The second kappa shape index (κ2) is 5.26. The number of carbonyl (C=O) groups is 1. The first-order valence-corrected chi connectivity index (χ1v) is 8.47. The maximum Gasteiger partial charge on any atom is 0.321 e. The Bertz CT molecular complexity index is 357. The van der Waals surface area contributed by atoms with Gasteiger partial charge in [-0.25, -0.2) is 0 Å². The third-order valence-corrected chi connectivity index (χ3v) is 6.22. The number of carboxylic acid groups (broad SMARTS) is 1. The molecule has 1 spiro atoms. The lowest BCUT2D eigenvalue weighted by atomic mass is 9.88. The monoisotopic (exact) mass is 285 g/mol. The van der Waals surface area contributed by atoms with Crippen LogP contribution in [0.2, 0.25) is 0 Å². The number of rotatable bonds is 2. The summed E-state index contributed by atoms with van der Waals surface area (Å²) in [6, 6.07) is 0.118. The van der Waals surface area contributed by atoms with Crippen molar-refractivity contribution in [1.82, 2.24) is 4.90 Å². The number of hydrogen-bond acceptors (Lipinski definition) is 4. The van der Waals surface area contributed by atoms with Crippen molar-refractivity contribution >= 4 is 17.7 Å². The minimum absolute atomic E-state index is 0.0441. The van der Waals surface area contributed by atoms with Crippen LogP contribution in [0.1, 0.15) is 32.6 Å². The van der Waals surface area contributed by atoms with E-state index in [0.29, 0.717) is 6.04 Å². The van der Waals surface area contributed by atoms with Crippen molar-refractivity contribution < 1.29 is 14.6 Å². The van der Waals surface area contributed by atoms with E-state index in [1.807, 2.05) is 11.8 Å². The molecule has 0 aromatic carbocycles. The summed E-state index contributed by atoms with van der Waals surface area (Å²) in [4.78, 5) is 13.8. The number of nitrogens with zero attached hydrogens (tertiary/aromatic N) is 1. The Morgan fingerprint density at radius 3 is 3.00 bits per heavy atom. The zero-order valence-electron chi connectivity index (χ0n) is 11.5. The predicted molar refractivity (Wildman–Crippen MR) is 75.6 cm³/mol. The van der Waals surface area contributed by atoms with Gasteiger partial charge in [0, 0.05) is 18.4 Å². The van der Waals surface area contributed by atoms with E-state index in [-0.39, 0.29) is 17.6 Å². The first-order valence-electron chi connectivity index (χ1n) is 7.32. The molecule has 3 fully saturated rings. The Morgan fingerprint density at radius 2 is 2.32 bits per heavy atom. The van der Waals surface area contributed by atoms with E-state index in [4.69, 9.17) is 4.74 Å². The van der Waals surface area contributed by atoms with E-state index in [2.05, 4.69) is 11.8 Å². The number of likely N-dealkylation sites (tertiary alicyclic amines) is 1. The van der Waals surface area contributed by atoms with E-state index in [1.165, 1.54) is 5.75 Å². The van der Waals surface area contributed by atoms with Crippen LogP contribution in [0.3, 0.4) is 0 Å². The average molecular weight is 285 g/mol. The lowest BCUT2D eigenvalue weighted by Gasteiger charge is -2.42. The highest BCUT2D eigenvalue weighted by molar-refractivity contribution is 7.99. The molecule has 19 heavy (non-hydrogen) atoms. The van der Waals surface area contributed by atoms with Crippen LogP contribution in [-0.2, 0) is 9.53 Å². The third kappa shape index (κ3) is 2.52. The standard InChI is InChI=1S/C14H23NO3S/c1-10-2-5-15(12(10)13(16)17)11-3-6-18-14(8-11)4-7-19-9-14/h10-12H,2-9H2,1H3,(H,16,17). The van der Waals surface area contributed by atoms with Gasteiger partial charge in [0.2, 0.25) is 0 Å². The van der Waals surface area contributed by atoms with Gasteiger partial charge in [-0.05, 0) is 43.9 Å². The normalized spacial score (nSPS) is 43.9. The topological polar surface area (TPSA) is 49.8 Å². The molecule has 3 heterocycles. The molecule has 1 N–H and O–H groups in total. The molecule has 0 aromatic rings. The summed E-state index contributed by atoms with van der Waals surface area (Å²) < 4.78 is 6.04. The fourth-order valence-corrected chi connectivity index (χ4v) is 5.30. The van der Waals surface area contributed by atoms with Crippen molar-refractivity contribution in [2.45, 2.75) is 50.3 Å². The number of carboxylic acids is 1. The van der Waals surface area contributed by atoms with E-state index < -0.39 is 5.97 Å². The Balaban J connectivity index is 1.72. The molecule has 108 valence electrons. The molecule has 5 heteroatoms. The molecular formula is C14H23NO3S. The molecule has 0 amide bonds. The molecule has 3 aliphatic rings. The van der Waals surface area contributed by atoms with Crippen LogP contribution < -0.4 is 0 Å². The van der Waals surface area contributed by atoms with Crippen molar-refractivity contribution in [3.05, 3.63) is 0 Å². The molecule has 3 saturated heterocycles. The van der Waals surface area contributed by atoms with Gasteiger partial charge in [0.15, 0.2) is 0 Å². The van der Waals surface area contributed by atoms with Crippen LogP contribution in [-0.4, -0.2) is 58.3 Å². The van der Waals surface area contributed by atoms with Crippen LogP contribution in [0.4, 0.5) is 0 Å². The lowest BCUT2D eigenvalue weighted by Crippen LogP contribution is -2.52. The second-order valence-corrected chi connectivity index (χ2v) is 7.37. The molecule has 0 saturated carbocycles. The van der Waals surface area contributed by atoms with Crippen LogP contribution in [0.5, 0.6) is 0 Å². The Kier molecular flexibility index (Phi) is 3.80. The molecule has 3 rings (SSSR count). The number of thioether (sulfide) groups is 1. The van der Waals surface area contributed by atoms with Crippen molar-refractivity contribution in [3.63, 3.8) is 0 Å². The molecule has 3 aliphatic heterocycles. The summed E-state index contributed by atoms with van der Waals surface area (Å²) >= 11 is 1.97. The summed E-state index contributed by atoms with van der Waals surface area (Å²) in [6.07, 6.45) is 4.16. The molecule has 0 aromatic heterocycles. The zero-order chi connectivity index (χ0) is 13.5. The third-order valence-electron chi connectivity index (χ3n) is 5.00. The molecule has 0 bridgehead atoms. The molecular weight excluding hydrogens is 262 g/mol. The van der Waals surface area contributed by atoms with Crippen LogP contribution in [0.15, 0.2) is 0 Å². The molecule has 4 unspecified atom stereocenters. The fourth-order valence-electron chi connectivity index (χ4n) is 3.92. The Morgan fingerprint density at radius 1 is 1.47 bits per heavy atom. The quantitative estimate of drug-likeness (QED) is 0.839. The first-order chi connectivity index (χ1) is 9.11. The summed E-state index contributed by atoms with van der Waals surface area (Å²) in [7, 11) is 0. The van der Waals surface area contributed by atoms with Crippen LogP contribution in [0.25, 0.3) is 0 Å². The van der Waals surface area contributed by atoms with Gasteiger partial charge in [-0.15, -0.1) is 0 Å². The zero-order valence-corrected chi connectivity index (χ0v) is 12.3. The van der Waals surface area contributed by atoms with Gasteiger partial charge in [-0.1, -0.05) is 6.92 Å². The van der Waals surface area contributed by atoms with Crippen LogP contribution >= 0.6 is 11.8 Å². The van der Waals surface area contributed by atoms with Gasteiger partial charge in [0.1, 0.15) is 6.04 Å². The minimum Gasteiger partial charge on any atom is -0.480 e. The summed E-state index contributed by atoms with van der Waals surface area (Å²) in [5.41, 5.74) is 0.0441. The van der Waals surface area contributed by atoms with Crippen molar-refractivity contribution in [2.24, 2.45) is 5.92 Å². The number of hydrogen-bond donors (Lipinski definition) is 1. The van der Waals surface area contributed by atoms with Gasteiger partial charge >= 0.3 is 5.97 Å². The second-order valence-electron chi connectivity index (χ2n) is 6.27. The van der Waals surface area contributed by atoms with Crippen molar-refractivity contribution in [2.75, 3.05) is 24.7 Å². The van der Waals surface area contributed by atoms with Crippen LogP contribution in [0, 0.1) is 5.92 Å². The summed E-state index contributed by atoms with van der Waals surface area (Å²) in [5.74, 6) is 1.90. The first kappa shape index (κ1) is 13.7. The molecule has 0 aliphatic carbocycles. The Labute approximate surface area is 118 Å². The van der Waals surface area contributed by atoms with E-state index >= 15 is 0 Å². The summed E-state index contributed by atoms with van der Waals surface area (Å²) in [5, 5.41) is 9.46. The average Bonchev–Trinajstić information content (AvgIpc) is 2.96. The predicted octanol–water partition coefficient (Wildman–Crippen LogP) is 1.84. The van der Waals surface area contributed by atoms with E-state index in [9.17, 15) is 9.90 Å².